The van der Waals surface area contributed by atoms with E-state index in [4.69, 9.17) is 9.57 Å². The molecule has 6 heteroatoms. The number of carbonyl (C=O) groups is 2. The number of hydrogen-bond acceptors (Lipinski definition) is 6. The molecule has 6 rings (SSSR count). The highest BCUT2D eigenvalue weighted by atomic mass is 16.7. The fourth-order valence-electron chi connectivity index (χ4n) is 6.87. The minimum absolute atomic E-state index is 0.156. The van der Waals surface area contributed by atoms with Crippen molar-refractivity contribution < 1.29 is 24.3 Å². The molecule has 2 aliphatic heterocycles. The van der Waals surface area contributed by atoms with E-state index < -0.39 is 28.7 Å². The highest BCUT2D eigenvalue weighted by molar-refractivity contribution is 6.00. The van der Waals surface area contributed by atoms with Gasteiger partial charge in [-0.25, -0.2) is 9.86 Å². The van der Waals surface area contributed by atoms with Crippen LogP contribution in [0.5, 0.6) is 0 Å². The lowest BCUT2D eigenvalue weighted by Gasteiger charge is -2.43. The van der Waals surface area contributed by atoms with Crippen LogP contribution in [-0.2, 0) is 19.2 Å². The molecule has 1 saturated carbocycles. The van der Waals surface area contributed by atoms with Gasteiger partial charge in [0.15, 0.2) is 5.78 Å². The summed E-state index contributed by atoms with van der Waals surface area (Å²) in [6.07, 6.45) is 4.00. The summed E-state index contributed by atoms with van der Waals surface area (Å²) >= 11 is 0. The van der Waals surface area contributed by atoms with E-state index in [-0.39, 0.29) is 23.7 Å². The predicted octanol–water partition coefficient (Wildman–Crippen LogP) is 4.46. The molecule has 7 atom stereocenters. The van der Waals surface area contributed by atoms with Gasteiger partial charge >= 0.3 is 5.97 Å². The first kappa shape index (κ1) is 22.5. The molecule has 0 bridgehead atoms. The molecule has 3 fully saturated rings. The van der Waals surface area contributed by atoms with Crippen molar-refractivity contribution in [2.24, 2.45) is 17.3 Å². The van der Waals surface area contributed by atoms with Gasteiger partial charge in [-0.1, -0.05) is 55.0 Å². The second kappa shape index (κ2) is 7.52. The quantitative estimate of drug-likeness (QED) is 0.649. The standard InChI is InChI=1S/C29H31NO5/c1-18-9-12-20(13-10-18)23-17-28(35-30(23)21-7-5-4-6-8-21)22-14-11-19(2)29(33)16-15-24(31)27(29,3)25(22)34-26(28)32/h4-10,12-13,15-16,19,22-23,25,33H,11,14,17H2,1-3H3/t19-,22+,23+,25+,27-,28?,29+/m0/s1. The van der Waals surface area contributed by atoms with E-state index in [9.17, 15) is 14.7 Å². The third-order valence-electron chi connectivity index (χ3n) is 9.12. The highest BCUT2D eigenvalue weighted by Gasteiger charge is 2.74. The number of nitrogens with zero attached hydrogens (tertiary/aromatic N) is 1. The summed E-state index contributed by atoms with van der Waals surface area (Å²) in [5, 5.41) is 13.5. The Hall–Kier alpha value is -2.96. The number of benzene rings is 2. The molecule has 1 N–H and O–H groups in total. The van der Waals surface area contributed by atoms with Crippen LogP contribution in [-0.4, -0.2) is 34.2 Å². The maximum absolute atomic E-state index is 13.7. The number of ether oxygens (including phenoxy) is 1. The molecular weight excluding hydrogens is 442 g/mol. The van der Waals surface area contributed by atoms with Gasteiger partial charge < -0.3 is 9.84 Å². The second-order valence-corrected chi connectivity index (χ2v) is 10.9. The number of anilines is 1. The Morgan fingerprint density at radius 1 is 1.03 bits per heavy atom. The average Bonchev–Trinajstić information content (AvgIpc) is 3.45. The monoisotopic (exact) mass is 473 g/mol. The molecule has 6 nitrogen and oxygen atoms in total. The Morgan fingerprint density at radius 3 is 2.46 bits per heavy atom. The Labute approximate surface area is 205 Å². The topological polar surface area (TPSA) is 76.1 Å². The minimum atomic E-state index is -1.36. The van der Waals surface area contributed by atoms with Gasteiger partial charge in [0.05, 0.1) is 17.1 Å². The third-order valence-corrected chi connectivity index (χ3v) is 9.12. The number of hydrogen-bond donors (Lipinski definition) is 1. The number of esters is 1. The number of para-hydroxylation sites is 1. The van der Waals surface area contributed by atoms with Crippen LogP contribution in [0, 0.1) is 24.2 Å². The molecule has 1 spiro atoms. The Bertz CT molecular complexity index is 1210. The largest absolute Gasteiger partial charge is 0.459 e. The molecule has 0 aromatic heterocycles. The molecule has 2 aliphatic carbocycles. The van der Waals surface area contributed by atoms with E-state index in [1.807, 2.05) is 49.2 Å². The van der Waals surface area contributed by atoms with E-state index in [1.165, 1.54) is 6.08 Å². The zero-order valence-corrected chi connectivity index (χ0v) is 20.3. The minimum Gasteiger partial charge on any atom is -0.459 e. The molecular formula is C29H31NO5. The van der Waals surface area contributed by atoms with Gasteiger partial charge in [0.2, 0.25) is 5.60 Å². The van der Waals surface area contributed by atoms with Gasteiger partial charge in [0, 0.05) is 12.3 Å². The first-order chi connectivity index (χ1) is 16.7. The third kappa shape index (κ3) is 2.90. The molecule has 35 heavy (non-hydrogen) atoms. The first-order valence-corrected chi connectivity index (χ1v) is 12.5. The van der Waals surface area contributed by atoms with E-state index in [1.54, 1.807) is 13.0 Å². The van der Waals surface area contributed by atoms with E-state index >= 15 is 0 Å². The average molecular weight is 474 g/mol. The van der Waals surface area contributed by atoms with Crippen molar-refractivity contribution in [2.45, 2.75) is 63.4 Å². The molecule has 1 unspecified atom stereocenters. The van der Waals surface area contributed by atoms with Crippen molar-refractivity contribution >= 4 is 17.4 Å². The molecule has 2 aromatic carbocycles. The first-order valence-electron chi connectivity index (χ1n) is 12.5. The number of allylic oxidation sites excluding steroid dienone is 1. The van der Waals surface area contributed by atoms with Gasteiger partial charge in [0.1, 0.15) is 11.7 Å². The van der Waals surface area contributed by atoms with Gasteiger partial charge in [-0.2, -0.15) is 0 Å². The molecule has 2 heterocycles. The summed E-state index contributed by atoms with van der Waals surface area (Å²) in [6.45, 7) is 5.77. The van der Waals surface area contributed by atoms with Crippen LogP contribution in [0.15, 0.2) is 66.7 Å². The van der Waals surface area contributed by atoms with Crippen molar-refractivity contribution in [3.05, 3.63) is 77.9 Å². The fraction of sp³-hybridized carbons (Fsp3) is 0.448. The van der Waals surface area contributed by atoms with Crippen LogP contribution >= 0.6 is 0 Å². The van der Waals surface area contributed by atoms with Crippen LogP contribution in [0.25, 0.3) is 0 Å². The number of rotatable bonds is 2. The lowest BCUT2D eigenvalue weighted by molar-refractivity contribution is -0.169. The molecule has 2 aromatic rings. The summed E-state index contributed by atoms with van der Waals surface area (Å²) in [4.78, 5) is 33.6. The molecule has 182 valence electrons. The van der Waals surface area contributed by atoms with Crippen molar-refractivity contribution in [2.75, 3.05) is 5.06 Å². The van der Waals surface area contributed by atoms with Crippen molar-refractivity contribution in [3.8, 4) is 0 Å². The smallest absolute Gasteiger partial charge is 0.342 e. The van der Waals surface area contributed by atoms with E-state index in [0.29, 0.717) is 19.3 Å². The Kier molecular flexibility index (Phi) is 4.83. The summed E-state index contributed by atoms with van der Waals surface area (Å²) in [5.74, 6) is -1.15. The SMILES string of the molecule is Cc1ccc([C@H]2CC3(ON2c2ccccc2)C(=O)O[C@@H]2[C@H]3CC[C@H](C)[C@]3(O)C=CC(=O)[C@@]23C)cc1. The van der Waals surface area contributed by atoms with E-state index in [0.717, 1.165) is 16.8 Å². The van der Waals surface area contributed by atoms with Gasteiger partial charge in [-0.05, 0) is 62.5 Å². The summed E-state index contributed by atoms with van der Waals surface area (Å²) in [7, 11) is 0. The van der Waals surface area contributed by atoms with Gasteiger partial charge in [0.25, 0.3) is 0 Å². The lowest BCUT2D eigenvalue weighted by Crippen LogP contribution is -2.57. The summed E-state index contributed by atoms with van der Waals surface area (Å²) in [5.41, 5.74) is -0.761. The summed E-state index contributed by atoms with van der Waals surface area (Å²) in [6, 6.07) is 17.9. The zero-order valence-electron chi connectivity index (χ0n) is 20.3. The summed E-state index contributed by atoms with van der Waals surface area (Å²) < 4.78 is 6.06. The number of ketones is 1. The van der Waals surface area contributed by atoms with E-state index in [2.05, 4.69) is 24.3 Å². The van der Waals surface area contributed by atoms with Crippen LogP contribution in [0.2, 0.25) is 0 Å². The number of fused-ring (bicyclic) bond motifs is 4. The zero-order chi connectivity index (χ0) is 24.6. The van der Waals surface area contributed by atoms with Crippen LogP contribution in [0.1, 0.15) is 50.3 Å². The second-order valence-electron chi connectivity index (χ2n) is 10.9. The van der Waals surface area contributed by atoms with Crippen LogP contribution < -0.4 is 5.06 Å². The van der Waals surface area contributed by atoms with Gasteiger partial charge in [-0.3, -0.25) is 9.63 Å². The number of hydroxylamine groups is 1. The maximum Gasteiger partial charge on any atom is 0.342 e. The Morgan fingerprint density at radius 2 is 1.74 bits per heavy atom. The van der Waals surface area contributed by atoms with Gasteiger partial charge in [-0.15, -0.1) is 0 Å². The number of carbonyl (C=O) groups excluding carboxylic acids is 2. The lowest BCUT2D eigenvalue weighted by atomic mass is 9.63. The van der Waals surface area contributed by atoms with Crippen LogP contribution in [0.3, 0.4) is 0 Å². The number of aliphatic hydroxyl groups is 1. The maximum atomic E-state index is 13.7. The Balaban J connectivity index is 1.46. The van der Waals surface area contributed by atoms with Crippen molar-refractivity contribution in [3.63, 3.8) is 0 Å². The molecule has 2 saturated heterocycles. The van der Waals surface area contributed by atoms with Crippen LogP contribution in [0.4, 0.5) is 5.69 Å². The highest BCUT2D eigenvalue weighted by Crippen LogP contribution is 2.61. The predicted molar refractivity (Wildman–Crippen MR) is 130 cm³/mol. The van der Waals surface area contributed by atoms with Crippen molar-refractivity contribution in [1.29, 1.82) is 0 Å². The molecule has 4 aliphatic rings. The molecule has 0 radical (unpaired) electrons. The number of aryl methyl sites for hydroxylation is 1. The normalized spacial score (nSPS) is 40.1. The fourth-order valence-corrected chi connectivity index (χ4v) is 6.87. The molecule has 0 amide bonds. The van der Waals surface area contributed by atoms with Crippen molar-refractivity contribution in [1.82, 2.24) is 0 Å².